The molecule has 0 amide bonds. The molecule has 2 unspecified atom stereocenters. The average Bonchev–Trinajstić information content (AvgIpc) is 2.72. The van der Waals surface area contributed by atoms with Crippen molar-refractivity contribution in [2.45, 2.75) is 64.0 Å². The van der Waals surface area contributed by atoms with Crippen molar-refractivity contribution in [3.05, 3.63) is 35.9 Å². The second-order valence-corrected chi connectivity index (χ2v) is 6.86. The van der Waals surface area contributed by atoms with Crippen molar-refractivity contribution >= 4 is 0 Å². The van der Waals surface area contributed by atoms with E-state index in [0.717, 1.165) is 19.0 Å². The van der Waals surface area contributed by atoms with Gasteiger partial charge < -0.3 is 5.73 Å². The van der Waals surface area contributed by atoms with Crippen molar-refractivity contribution in [1.82, 2.24) is 4.90 Å². The van der Waals surface area contributed by atoms with E-state index in [1.54, 1.807) is 0 Å². The van der Waals surface area contributed by atoms with Crippen LogP contribution in [0.1, 0.15) is 57.4 Å². The standard InChI is InChI=1S/C19H32N2/c1-3-8-17-11-7-13-19(16-20,14-12-17)21(2)15-18-9-5-4-6-10-18/h4-6,9-10,17H,3,7-8,11-16,20H2,1-2H3. The molecular weight excluding hydrogens is 256 g/mol. The molecule has 1 saturated carbocycles. The molecule has 0 spiro atoms. The summed E-state index contributed by atoms with van der Waals surface area (Å²) < 4.78 is 0. The predicted octanol–water partition coefficient (Wildman–Crippen LogP) is 4.20. The first-order valence-electron chi connectivity index (χ1n) is 8.65. The normalized spacial score (nSPS) is 26.8. The van der Waals surface area contributed by atoms with Crippen LogP contribution in [0.2, 0.25) is 0 Å². The number of benzene rings is 1. The maximum absolute atomic E-state index is 6.24. The number of nitrogens with two attached hydrogens (primary N) is 1. The Morgan fingerprint density at radius 1 is 1.19 bits per heavy atom. The van der Waals surface area contributed by atoms with Crippen molar-refractivity contribution in [2.24, 2.45) is 11.7 Å². The molecule has 1 aromatic carbocycles. The van der Waals surface area contributed by atoms with Crippen molar-refractivity contribution in [3.8, 4) is 0 Å². The Hall–Kier alpha value is -0.860. The lowest BCUT2D eigenvalue weighted by Gasteiger charge is -2.41. The second kappa shape index (κ2) is 7.95. The van der Waals surface area contributed by atoms with Gasteiger partial charge >= 0.3 is 0 Å². The van der Waals surface area contributed by atoms with Gasteiger partial charge in [0.05, 0.1) is 0 Å². The van der Waals surface area contributed by atoms with Crippen LogP contribution in [0.15, 0.2) is 30.3 Å². The van der Waals surface area contributed by atoms with Crippen LogP contribution in [0.3, 0.4) is 0 Å². The molecule has 1 aliphatic carbocycles. The molecule has 0 aliphatic heterocycles. The van der Waals surface area contributed by atoms with Gasteiger partial charge in [0.2, 0.25) is 0 Å². The van der Waals surface area contributed by atoms with Gasteiger partial charge in [0.25, 0.3) is 0 Å². The van der Waals surface area contributed by atoms with E-state index >= 15 is 0 Å². The highest BCUT2D eigenvalue weighted by Gasteiger charge is 2.35. The Morgan fingerprint density at radius 2 is 1.95 bits per heavy atom. The van der Waals surface area contributed by atoms with Gasteiger partial charge in [-0.15, -0.1) is 0 Å². The van der Waals surface area contributed by atoms with Crippen molar-refractivity contribution in [1.29, 1.82) is 0 Å². The highest BCUT2D eigenvalue weighted by Crippen LogP contribution is 2.36. The molecule has 2 N–H and O–H groups in total. The fourth-order valence-electron chi connectivity index (χ4n) is 3.93. The Kier molecular flexibility index (Phi) is 6.25. The summed E-state index contributed by atoms with van der Waals surface area (Å²) in [6, 6.07) is 10.8. The molecule has 21 heavy (non-hydrogen) atoms. The second-order valence-electron chi connectivity index (χ2n) is 6.86. The van der Waals surface area contributed by atoms with Gasteiger partial charge in [-0.2, -0.15) is 0 Å². The van der Waals surface area contributed by atoms with Crippen LogP contribution in [-0.2, 0) is 6.54 Å². The zero-order valence-corrected chi connectivity index (χ0v) is 13.9. The third-order valence-electron chi connectivity index (χ3n) is 5.42. The summed E-state index contributed by atoms with van der Waals surface area (Å²) in [4.78, 5) is 2.52. The van der Waals surface area contributed by atoms with Crippen LogP contribution in [0.4, 0.5) is 0 Å². The fraction of sp³-hybridized carbons (Fsp3) is 0.684. The van der Waals surface area contributed by atoms with Crippen LogP contribution in [-0.4, -0.2) is 24.0 Å². The Balaban J connectivity index is 2.02. The van der Waals surface area contributed by atoms with Gasteiger partial charge in [0, 0.05) is 18.6 Å². The summed E-state index contributed by atoms with van der Waals surface area (Å²) in [5.74, 6) is 0.925. The third kappa shape index (κ3) is 4.31. The van der Waals surface area contributed by atoms with E-state index < -0.39 is 0 Å². The minimum Gasteiger partial charge on any atom is -0.329 e. The van der Waals surface area contributed by atoms with Gasteiger partial charge in [0.1, 0.15) is 0 Å². The van der Waals surface area contributed by atoms with Gasteiger partial charge in [-0.05, 0) is 37.8 Å². The minimum atomic E-state index is 0.207. The molecule has 1 aromatic rings. The quantitative estimate of drug-likeness (QED) is 0.795. The molecule has 2 atom stereocenters. The molecule has 2 heteroatoms. The maximum Gasteiger partial charge on any atom is 0.0332 e. The van der Waals surface area contributed by atoms with E-state index in [-0.39, 0.29) is 5.54 Å². The number of rotatable bonds is 6. The third-order valence-corrected chi connectivity index (χ3v) is 5.42. The molecule has 2 rings (SSSR count). The van der Waals surface area contributed by atoms with Crippen molar-refractivity contribution < 1.29 is 0 Å². The largest absolute Gasteiger partial charge is 0.329 e. The van der Waals surface area contributed by atoms with E-state index in [1.807, 2.05) is 0 Å². The lowest BCUT2D eigenvalue weighted by Crippen LogP contribution is -2.51. The van der Waals surface area contributed by atoms with Gasteiger partial charge in [-0.25, -0.2) is 0 Å². The van der Waals surface area contributed by atoms with E-state index in [1.165, 1.54) is 50.5 Å². The smallest absolute Gasteiger partial charge is 0.0332 e. The predicted molar refractivity (Wildman–Crippen MR) is 91.2 cm³/mol. The maximum atomic E-state index is 6.24. The Labute approximate surface area is 130 Å². The zero-order chi connectivity index (χ0) is 15.1. The monoisotopic (exact) mass is 288 g/mol. The Morgan fingerprint density at radius 3 is 2.62 bits per heavy atom. The lowest BCUT2D eigenvalue weighted by molar-refractivity contribution is 0.0983. The molecule has 1 fully saturated rings. The summed E-state index contributed by atoms with van der Waals surface area (Å²) in [6.45, 7) is 4.11. The molecule has 0 radical (unpaired) electrons. The molecular formula is C19H32N2. The summed E-state index contributed by atoms with van der Waals surface area (Å²) in [7, 11) is 2.26. The van der Waals surface area contributed by atoms with Crippen molar-refractivity contribution in [3.63, 3.8) is 0 Å². The van der Waals surface area contributed by atoms with Crippen LogP contribution >= 0.6 is 0 Å². The van der Waals surface area contributed by atoms with E-state index in [4.69, 9.17) is 5.73 Å². The summed E-state index contributed by atoms with van der Waals surface area (Å²) in [6.07, 6.45) is 9.31. The van der Waals surface area contributed by atoms with E-state index in [9.17, 15) is 0 Å². The topological polar surface area (TPSA) is 29.3 Å². The van der Waals surface area contributed by atoms with Crippen molar-refractivity contribution in [2.75, 3.05) is 13.6 Å². The molecule has 118 valence electrons. The summed E-state index contributed by atoms with van der Waals surface area (Å²) >= 11 is 0. The summed E-state index contributed by atoms with van der Waals surface area (Å²) in [5.41, 5.74) is 7.84. The molecule has 1 aliphatic rings. The van der Waals surface area contributed by atoms with Gasteiger partial charge in [-0.1, -0.05) is 62.9 Å². The van der Waals surface area contributed by atoms with Gasteiger partial charge in [-0.3, -0.25) is 4.90 Å². The first-order chi connectivity index (χ1) is 10.2. The number of hydrogen-bond donors (Lipinski definition) is 1. The van der Waals surface area contributed by atoms with Crippen LogP contribution in [0.5, 0.6) is 0 Å². The lowest BCUT2D eigenvalue weighted by atomic mass is 9.87. The zero-order valence-electron chi connectivity index (χ0n) is 13.9. The minimum absolute atomic E-state index is 0.207. The first kappa shape index (κ1) is 16.5. The summed E-state index contributed by atoms with van der Waals surface area (Å²) in [5, 5.41) is 0. The molecule has 0 bridgehead atoms. The SMILES string of the molecule is CCCC1CCCC(CN)(N(C)Cc2ccccc2)CC1. The molecule has 0 heterocycles. The molecule has 0 saturated heterocycles. The highest BCUT2D eigenvalue weighted by atomic mass is 15.2. The average molecular weight is 288 g/mol. The molecule has 0 aromatic heterocycles. The van der Waals surface area contributed by atoms with Gasteiger partial charge in [0.15, 0.2) is 0 Å². The molecule has 2 nitrogen and oxygen atoms in total. The Bertz CT molecular complexity index is 403. The van der Waals surface area contributed by atoms with Crippen LogP contribution < -0.4 is 5.73 Å². The van der Waals surface area contributed by atoms with E-state index in [0.29, 0.717) is 0 Å². The first-order valence-corrected chi connectivity index (χ1v) is 8.65. The highest BCUT2D eigenvalue weighted by molar-refractivity contribution is 5.15. The van der Waals surface area contributed by atoms with Crippen LogP contribution in [0, 0.1) is 5.92 Å². The number of likely N-dealkylation sites (N-methyl/N-ethyl adjacent to an activating group) is 1. The van der Waals surface area contributed by atoms with E-state index in [2.05, 4.69) is 49.2 Å². The number of hydrogen-bond acceptors (Lipinski definition) is 2. The van der Waals surface area contributed by atoms with Crippen LogP contribution in [0.25, 0.3) is 0 Å². The fourth-order valence-corrected chi connectivity index (χ4v) is 3.93. The number of nitrogens with zero attached hydrogens (tertiary/aromatic N) is 1.